The third kappa shape index (κ3) is 2.91. The molecule has 1 rings (SSSR count). The molecule has 0 spiro atoms. The average Bonchev–Trinajstić information content (AvgIpc) is 2.42. The number of nitriles is 1. The van der Waals surface area contributed by atoms with Crippen molar-refractivity contribution in [2.75, 3.05) is 11.5 Å². The maximum Gasteiger partial charge on any atom is 0.169 e. The predicted octanol–water partition coefficient (Wildman–Crippen LogP) is -0.147. The lowest BCUT2D eigenvalue weighted by Crippen LogP contribution is -2.39. The largest absolute Gasteiger partial charge is 0.391 e. The molecule has 1 aliphatic rings. The minimum atomic E-state index is -3.17. The van der Waals surface area contributed by atoms with Gasteiger partial charge in [0.05, 0.1) is 29.8 Å². The topological polar surface area (TPSA) is 87.4 Å². The molecule has 1 fully saturated rings. The van der Waals surface area contributed by atoms with Gasteiger partial charge in [-0.3, -0.25) is 0 Å². The van der Waals surface area contributed by atoms with Crippen molar-refractivity contribution in [3.8, 4) is 6.07 Å². The molecule has 3 atom stereocenters. The molecule has 0 amide bonds. The highest BCUT2D eigenvalue weighted by molar-refractivity contribution is 7.91. The lowest BCUT2D eigenvalue weighted by atomic mass is 10.1. The Balaban J connectivity index is 2.78. The van der Waals surface area contributed by atoms with Crippen LogP contribution in [0.1, 0.15) is 20.3 Å². The predicted molar refractivity (Wildman–Crippen MR) is 53.8 cm³/mol. The van der Waals surface area contributed by atoms with Gasteiger partial charge in [0.2, 0.25) is 0 Å². The molecule has 0 aliphatic carbocycles. The van der Waals surface area contributed by atoms with Crippen LogP contribution in [0.2, 0.25) is 0 Å². The summed E-state index contributed by atoms with van der Waals surface area (Å²) in [5.41, 5.74) is -1.27. The van der Waals surface area contributed by atoms with Gasteiger partial charge in [-0.2, -0.15) is 5.26 Å². The lowest BCUT2D eigenvalue weighted by Gasteiger charge is -2.26. The van der Waals surface area contributed by atoms with Gasteiger partial charge in [-0.15, -0.1) is 0 Å². The number of sulfone groups is 1. The lowest BCUT2D eigenvalue weighted by molar-refractivity contribution is -0.0836. The fourth-order valence-corrected chi connectivity index (χ4v) is 3.25. The van der Waals surface area contributed by atoms with Gasteiger partial charge >= 0.3 is 0 Å². The first-order valence-electron chi connectivity index (χ1n) is 4.78. The Hall–Kier alpha value is -0.640. The fourth-order valence-electron chi connectivity index (χ4n) is 1.48. The molecular weight excluding hydrogens is 218 g/mol. The highest BCUT2D eigenvalue weighted by Crippen LogP contribution is 2.28. The van der Waals surface area contributed by atoms with Gasteiger partial charge in [0.1, 0.15) is 0 Å². The summed E-state index contributed by atoms with van der Waals surface area (Å²) in [5.74, 6) is -0.291. The highest BCUT2D eigenvalue weighted by Gasteiger charge is 2.45. The summed E-state index contributed by atoms with van der Waals surface area (Å²) in [6, 6.07) is 1.91. The van der Waals surface area contributed by atoms with Gasteiger partial charge in [0.15, 0.2) is 15.4 Å². The Morgan fingerprint density at radius 3 is 2.47 bits per heavy atom. The molecule has 5 nitrogen and oxygen atoms in total. The normalized spacial score (nSPS) is 33.2. The van der Waals surface area contributed by atoms with Crippen LogP contribution in [0.4, 0.5) is 0 Å². The van der Waals surface area contributed by atoms with Gasteiger partial charge in [0, 0.05) is 6.42 Å². The summed E-state index contributed by atoms with van der Waals surface area (Å²) in [5, 5.41) is 18.2. The second kappa shape index (κ2) is 4.08. The van der Waals surface area contributed by atoms with Crippen LogP contribution >= 0.6 is 0 Å². The van der Waals surface area contributed by atoms with Crippen molar-refractivity contribution in [2.24, 2.45) is 0 Å². The van der Waals surface area contributed by atoms with Crippen LogP contribution in [-0.2, 0) is 14.6 Å². The Morgan fingerprint density at radius 2 is 2.13 bits per heavy atom. The van der Waals surface area contributed by atoms with Crippen molar-refractivity contribution in [1.29, 1.82) is 5.26 Å². The van der Waals surface area contributed by atoms with Gasteiger partial charge in [-0.05, 0) is 13.8 Å². The van der Waals surface area contributed by atoms with E-state index in [1.165, 1.54) is 0 Å². The monoisotopic (exact) mass is 233 g/mol. The van der Waals surface area contributed by atoms with Crippen LogP contribution < -0.4 is 0 Å². The minimum Gasteiger partial charge on any atom is -0.391 e. The molecule has 1 aliphatic heterocycles. The first-order chi connectivity index (χ1) is 6.80. The number of nitrogens with zero attached hydrogens (tertiary/aromatic N) is 1. The third-order valence-electron chi connectivity index (χ3n) is 2.56. The van der Waals surface area contributed by atoms with E-state index in [1.807, 2.05) is 6.07 Å². The zero-order valence-corrected chi connectivity index (χ0v) is 9.62. The minimum absolute atomic E-state index is 0.0207. The van der Waals surface area contributed by atoms with Crippen molar-refractivity contribution in [3.63, 3.8) is 0 Å². The van der Waals surface area contributed by atoms with E-state index in [0.29, 0.717) is 0 Å². The zero-order chi connectivity index (χ0) is 11.7. The second-order valence-corrected chi connectivity index (χ2v) is 6.20. The first-order valence-corrected chi connectivity index (χ1v) is 6.60. The van der Waals surface area contributed by atoms with E-state index in [4.69, 9.17) is 10.00 Å². The quantitative estimate of drug-likeness (QED) is 0.732. The Morgan fingerprint density at radius 1 is 1.53 bits per heavy atom. The molecule has 3 unspecified atom stereocenters. The molecule has 0 aromatic rings. The fraction of sp³-hybridized carbons (Fsp3) is 0.889. The standard InChI is InChI=1S/C9H15NO4S/c1-7(11)8(2)14-9(5-10)3-4-15(12,13)6-9/h7-8,11H,3-4,6H2,1-2H3. The third-order valence-corrected chi connectivity index (χ3v) is 4.30. The number of aliphatic hydroxyl groups is 1. The molecule has 1 heterocycles. The van der Waals surface area contributed by atoms with E-state index < -0.39 is 27.6 Å². The summed E-state index contributed by atoms with van der Waals surface area (Å²) >= 11 is 0. The van der Waals surface area contributed by atoms with Crippen LogP contribution in [-0.4, -0.2) is 42.8 Å². The number of hydrogen-bond donors (Lipinski definition) is 1. The van der Waals surface area contributed by atoms with Gasteiger partial charge < -0.3 is 9.84 Å². The van der Waals surface area contributed by atoms with Gasteiger partial charge in [-0.1, -0.05) is 0 Å². The molecule has 0 bridgehead atoms. The van der Waals surface area contributed by atoms with Gasteiger partial charge in [-0.25, -0.2) is 8.42 Å². The summed E-state index contributed by atoms with van der Waals surface area (Å²) in [4.78, 5) is 0. The van der Waals surface area contributed by atoms with Crippen LogP contribution in [0.25, 0.3) is 0 Å². The summed E-state index contributed by atoms with van der Waals surface area (Å²) in [6.07, 6.45) is -1.08. The Kier molecular flexibility index (Phi) is 3.38. The van der Waals surface area contributed by atoms with Gasteiger partial charge in [0.25, 0.3) is 0 Å². The molecule has 86 valence electrons. The van der Waals surface area contributed by atoms with Crippen molar-refractivity contribution in [2.45, 2.75) is 38.1 Å². The number of hydrogen-bond acceptors (Lipinski definition) is 5. The molecule has 1 saturated heterocycles. The molecular formula is C9H15NO4S. The van der Waals surface area contributed by atoms with E-state index in [9.17, 15) is 13.5 Å². The number of aliphatic hydroxyl groups excluding tert-OH is 1. The summed E-state index contributed by atoms with van der Waals surface area (Å²) in [6.45, 7) is 3.16. The maximum atomic E-state index is 11.3. The molecule has 15 heavy (non-hydrogen) atoms. The van der Waals surface area contributed by atoms with Crippen LogP contribution in [0.5, 0.6) is 0 Å². The highest BCUT2D eigenvalue weighted by atomic mass is 32.2. The van der Waals surface area contributed by atoms with Crippen molar-refractivity contribution in [3.05, 3.63) is 0 Å². The van der Waals surface area contributed by atoms with Crippen LogP contribution in [0.3, 0.4) is 0 Å². The summed E-state index contributed by atoms with van der Waals surface area (Å²) in [7, 11) is -3.17. The van der Waals surface area contributed by atoms with E-state index in [-0.39, 0.29) is 17.9 Å². The SMILES string of the molecule is CC(O)C(C)OC1(C#N)CCS(=O)(=O)C1. The number of rotatable bonds is 3. The second-order valence-electron chi connectivity index (χ2n) is 4.01. The molecule has 0 saturated carbocycles. The average molecular weight is 233 g/mol. The smallest absolute Gasteiger partial charge is 0.169 e. The molecule has 0 radical (unpaired) electrons. The van der Waals surface area contributed by atoms with Crippen LogP contribution in [0.15, 0.2) is 0 Å². The number of ether oxygens (including phenoxy) is 1. The zero-order valence-electron chi connectivity index (χ0n) is 8.80. The van der Waals surface area contributed by atoms with E-state index in [2.05, 4.69) is 0 Å². The Bertz CT molecular complexity index is 370. The van der Waals surface area contributed by atoms with Crippen LogP contribution in [0, 0.1) is 11.3 Å². The Labute approximate surface area is 89.6 Å². The molecule has 0 aromatic carbocycles. The van der Waals surface area contributed by atoms with Crippen molar-refractivity contribution in [1.82, 2.24) is 0 Å². The van der Waals surface area contributed by atoms with E-state index in [0.717, 1.165) is 0 Å². The molecule has 6 heteroatoms. The molecule has 1 N–H and O–H groups in total. The summed E-state index contributed by atoms with van der Waals surface area (Å²) < 4.78 is 27.9. The first kappa shape index (κ1) is 12.4. The van der Waals surface area contributed by atoms with Crippen molar-refractivity contribution >= 4 is 9.84 Å². The van der Waals surface area contributed by atoms with Crippen molar-refractivity contribution < 1.29 is 18.3 Å². The molecule has 0 aromatic heterocycles. The maximum absolute atomic E-state index is 11.3. The van der Waals surface area contributed by atoms with E-state index >= 15 is 0 Å². The van der Waals surface area contributed by atoms with E-state index in [1.54, 1.807) is 13.8 Å².